The number of nitrogens with two attached hydrogens (primary N) is 1. The Kier molecular flexibility index (Phi) is 5.71. The first-order chi connectivity index (χ1) is 7.75. The fourth-order valence-corrected chi connectivity index (χ4v) is 1.77. The summed E-state index contributed by atoms with van der Waals surface area (Å²) in [6, 6.07) is 1.63. The van der Waals surface area contributed by atoms with Crippen molar-refractivity contribution in [2.45, 2.75) is 12.8 Å². The number of aromatic nitrogens is 1. The highest BCUT2D eigenvalue weighted by atomic mass is 32.2. The highest BCUT2D eigenvalue weighted by Crippen LogP contribution is 2.08. The molecule has 0 spiro atoms. The largest absolute Gasteiger partial charge is 0.397 e. The number of carbonyl (C=O) groups excluding carboxylic acids is 1. The Bertz CT molecular complexity index is 344. The zero-order valence-corrected chi connectivity index (χ0v) is 10.2. The molecule has 0 fully saturated rings. The van der Waals surface area contributed by atoms with Crippen molar-refractivity contribution in [2.75, 3.05) is 24.3 Å². The quantitative estimate of drug-likeness (QED) is 0.739. The molecule has 4 nitrogen and oxygen atoms in total. The Morgan fingerprint density at radius 1 is 1.56 bits per heavy atom. The van der Waals surface area contributed by atoms with Crippen LogP contribution in [0.5, 0.6) is 0 Å². The third kappa shape index (κ3) is 4.10. The summed E-state index contributed by atoms with van der Waals surface area (Å²) in [6.07, 6.45) is 7.25. The van der Waals surface area contributed by atoms with Gasteiger partial charge in [-0.05, 0) is 30.9 Å². The molecule has 0 bridgehead atoms. The van der Waals surface area contributed by atoms with Crippen LogP contribution < -0.4 is 11.1 Å². The number of carbonyl (C=O) groups is 1. The van der Waals surface area contributed by atoms with Gasteiger partial charge in [-0.2, -0.15) is 11.8 Å². The lowest BCUT2D eigenvalue weighted by atomic mass is 10.2. The van der Waals surface area contributed by atoms with Gasteiger partial charge >= 0.3 is 0 Å². The molecule has 16 heavy (non-hydrogen) atoms. The molecule has 0 aliphatic carbocycles. The molecule has 0 saturated carbocycles. The summed E-state index contributed by atoms with van der Waals surface area (Å²) >= 11 is 1.82. The second-order valence-corrected chi connectivity index (χ2v) is 4.40. The van der Waals surface area contributed by atoms with Crippen molar-refractivity contribution in [3.8, 4) is 0 Å². The van der Waals surface area contributed by atoms with Gasteiger partial charge in [0.2, 0.25) is 0 Å². The molecule has 1 aromatic rings. The summed E-state index contributed by atoms with van der Waals surface area (Å²) in [5, 5.41) is 2.84. The fraction of sp³-hybridized carbons (Fsp3) is 0.455. The SMILES string of the molecule is CSCCCCNC(=O)c1ccncc1N. The minimum Gasteiger partial charge on any atom is -0.397 e. The van der Waals surface area contributed by atoms with Crippen molar-refractivity contribution in [3.05, 3.63) is 24.0 Å². The molecule has 1 aromatic heterocycles. The molecule has 3 N–H and O–H groups in total. The van der Waals surface area contributed by atoms with Gasteiger partial charge in [-0.25, -0.2) is 0 Å². The van der Waals surface area contributed by atoms with E-state index in [9.17, 15) is 4.79 Å². The molecule has 0 aliphatic rings. The van der Waals surface area contributed by atoms with Crippen LogP contribution >= 0.6 is 11.8 Å². The van der Waals surface area contributed by atoms with Gasteiger partial charge in [0.25, 0.3) is 5.91 Å². The molecule has 0 saturated heterocycles. The van der Waals surface area contributed by atoms with E-state index in [1.54, 1.807) is 12.3 Å². The van der Waals surface area contributed by atoms with Crippen LogP contribution in [0, 0.1) is 0 Å². The van der Waals surface area contributed by atoms with Gasteiger partial charge in [0, 0.05) is 12.7 Å². The molecule has 0 radical (unpaired) electrons. The van der Waals surface area contributed by atoms with Crippen molar-refractivity contribution < 1.29 is 4.79 Å². The number of rotatable bonds is 6. The Morgan fingerprint density at radius 3 is 3.06 bits per heavy atom. The molecule has 0 aliphatic heterocycles. The van der Waals surface area contributed by atoms with Gasteiger partial charge in [0.15, 0.2) is 0 Å². The topological polar surface area (TPSA) is 68.0 Å². The number of hydrogen-bond donors (Lipinski definition) is 2. The second-order valence-electron chi connectivity index (χ2n) is 3.42. The highest BCUT2D eigenvalue weighted by molar-refractivity contribution is 7.98. The van der Waals surface area contributed by atoms with E-state index in [2.05, 4.69) is 16.6 Å². The van der Waals surface area contributed by atoms with Gasteiger partial charge < -0.3 is 11.1 Å². The number of hydrogen-bond acceptors (Lipinski definition) is 4. The van der Waals surface area contributed by atoms with Crippen LogP contribution in [-0.4, -0.2) is 29.4 Å². The van der Waals surface area contributed by atoms with Crippen LogP contribution in [0.2, 0.25) is 0 Å². The predicted octanol–water partition coefficient (Wildman–Crippen LogP) is 1.54. The number of unbranched alkanes of at least 4 members (excludes halogenated alkanes) is 1. The molecule has 1 amide bonds. The first-order valence-corrected chi connectivity index (χ1v) is 6.61. The minimum atomic E-state index is -0.121. The molecular weight excluding hydrogens is 222 g/mol. The van der Waals surface area contributed by atoms with E-state index in [0.717, 1.165) is 18.6 Å². The van der Waals surface area contributed by atoms with Gasteiger partial charge in [0.1, 0.15) is 0 Å². The lowest BCUT2D eigenvalue weighted by Crippen LogP contribution is -2.25. The number of amides is 1. The van der Waals surface area contributed by atoms with Crippen molar-refractivity contribution in [2.24, 2.45) is 0 Å². The van der Waals surface area contributed by atoms with E-state index in [1.165, 1.54) is 6.20 Å². The van der Waals surface area contributed by atoms with Crippen LogP contribution in [0.4, 0.5) is 5.69 Å². The lowest BCUT2D eigenvalue weighted by Gasteiger charge is -2.06. The molecule has 0 atom stereocenters. The highest BCUT2D eigenvalue weighted by Gasteiger charge is 2.07. The maximum absolute atomic E-state index is 11.7. The number of thioether (sulfide) groups is 1. The number of nitrogens with one attached hydrogen (secondary N) is 1. The predicted molar refractivity (Wildman–Crippen MR) is 68.6 cm³/mol. The minimum absolute atomic E-state index is 0.121. The van der Waals surface area contributed by atoms with Crippen LogP contribution in [0.1, 0.15) is 23.2 Å². The maximum atomic E-state index is 11.7. The molecule has 0 aromatic carbocycles. The van der Waals surface area contributed by atoms with Crippen molar-refractivity contribution >= 4 is 23.4 Å². The average molecular weight is 239 g/mol. The van der Waals surface area contributed by atoms with Crippen molar-refractivity contribution in [1.82, 2.24) is 10.3 Å². The molecular formula is C11H17N3OS. The summed E-state index contributed by atoms with van der Waals surface area (Å²) in [5.74, 6) is 1.01. The normalized spacial score (nSPS) is 10.1. The molecule has 88 valence electrons. The maximum Gasteiger partial charge on any atom is 0.253 e. The third-order valence-electron chi connectivity index (χ3n) is 2.16. The summed E-state index contributed by atoms with van der Waals surface area (Å²) in [4.78, 5) is 15.5. The lowest BCUT2D eigenvalue weighted by molar-refractivity contribution is 0.0954. The Morgan fingerprint density at radius 2 is 2.38 bits per heavy atom. The Balaban J connectivity index is 2.33. The fourth-order valence-electron chi connectivity index (χ4n) is 1.28. The first-order valence-electron chi connectivity index (χ1n) is 5.22. The third-order valence-corrected chi connectivity index (χ3v) is 2.85. The van der Waals surface area contributed by atoms with Gasteiger partial charge in [-0.15, -0.1) is 0 Å². The molecule has 0 unspecified atom stereocenters. The zero-order chi connectivity index (χ0) is 11.8. The summed E-state index contributed by atoms with van der Waals surface area (Å²) in [7, 11) is 0. The van der Waals surface area contributed by atoms with E-state index in [1.807, 2.05) is 11.8 Å². The number of nitrogen functional groups attached to an aromatic ring is 1. The number of anilines is 1. The monoisotopic (exact) mass is 239 g/mol. The molecule has 1 heterocycles. The average Bonchev–Trinajstić information content (AvgIpc) is 2.29. The molecule has 5 heteroatoms. The zero-order valence-electron chi connectivity index (χ0n) is 9.40. The van der Waals surface area contributed by atoms with E-state index >= 15 is 0 Å². The Hall–Kier alpha value is -1.23. The standard InChI is InChI=1S/C11H17N3OS/c1-16-7-3-2-5-14-11(15)9-4-6-13-8-10(9)12/h4,6,8H,2-3,5,7,12H2,1H3,(H,14,15). The molecule has 1 rings (SSSR count). The van der Waals surface area contributed by atoms with Crippen LogP contribution in [0.25, 0.3) is 0 Å². The smallest absolute Gasteiger partial charge is 0.253 e. The Labute approximate surface area is 100 Å². The van der Waals surface area contributed by atoms with Crippen molar-refractivity contribution in [1.29, 1.82) is 0 Å². The van der Waals surface area contributed by atoms with Gasteiger partial charge in [-0.3, -0.25) is 9.78 Å². The number of pyridine rings is 1. The first kappa shape index (κ1) is 12.8. The van der Waals surface area contributed by atoms with E-state index in [4.69, 9.17) is 5.73 Å². The summed E-state index contributed by atoms with van der Waals surface area (Å²) in [6.45, 7) is 0.696. The van der Waals surface area contributed by atoms with E-state index in [0.29, 0.717) is 17.8 Å². The summed E-state index contributed by atoms with van der Waals surface area (Å²) in [5.41, 5.74) is 6.57. The van der Waals surface area contributed by atoms with Crippen LogP contribution in [-0.2, 0) is 0 Å². The second kappa shape index (κ2) is 7.11. The van der Waals surface area contributed by atoms with E-state index < -0.39 is 0 Å². The van der Waals surface area contributed by atoms with E-state index in [-0.39, 0.29) is 5.91 Å². The van der Waals surface area contributed by atoms with Crippen LogP contribution in [0.15, 0.2) is 18.5 Å². The summed E-state index contributed by atoms with van der Waals surface area (Å²) < 4.78 is 0. The number of nitrogens with zero attached hydrogens (tertiary/aromatic N) is 1. The van der Waals surface area contributed by atoms with Gasteiger partial charge in [0.05, 0.1) is 17.4 Å². The van der Waals surface area contributed by atoms with Gasteiger partial charge in [-0.1, -0.05) is 0 Å². The van der Waals surface area contributed by atoms with Crippen LogP contribution in [0.3, 0.4) is 0 Å². The van der Waals surface area contributed by atoms with Crippen molar-refractivity contribution in [3.63, 3.8) is 0 Å².